The highest BCUT2D eigenvalue weighted by atomic mass is 16.5. The molecule has 2 aliphatic rings. The van der Waals surface area contributed by atoms with Gasteiger partial charge in [-0.15, -0.1) is 0 Å². The Morgan fingerprint density at radius 2 is 1.76 bits per heavy atom. The van der Waals surface area contributed by atoms with Gasteiger partial charge < -0.3 is 19.9 Å². The number of amides is 1. The number of aromatic nitrogens is 2. The minimum absolute atomic E-state index is 0.0642. The number of hydrogen-bond acceptors (Lipinski definition) is 7. The molecular formula is C29H32N6O3. The average Bonchev–Trinajstić information content (AvgIpc) is 2.97. The van der Waals surface area contributed by atoms with E-state index in [0.29, 0.717) is 24.6 Å². The van der Waals surface area contributed by atoms with Crippen molar-refractivity contribution in [1.29, 1.82) is 5.26 Å². The molecule has 2 fully saturated rings. The lowest BCUT2D eigenvalue weighted by atomic mass is 9.95. The van der Waals surface area contributed by atoms with Gasteiger partial charge in [-0.1, -0.05) is 25.3 Å². The molecule has 1 aliphatic carbocycles. The van der Waals surface area contributed by atoms with Gasteiger partial charge in [0.1, 0.15) is 28.9 Å². The topological polar surface area (TPSA) is 103 Å². The average molecular weight is 513 g/mol. The number of anilines is 2. The SMILES string of the molecule is COc1ccc(N2CCN(c3nc4ccccn4c(=O)c3C=C(C#N)C(=O)NC3CCCCC3)CC2)cc1. The molecule has 0 unspecified atom stereocenters. The molecule has 0 spiro atoms. The Bertz CT molecular complexity index is 1430. The quantitative estimate of drug-likeness (QED) is 0.399. The summed E-state index contributed by atoms with van der Waals surface area (Å²) in [6, 6.07) is 15.4. The van der Waals surface area contributed by atoms with Crippen LogP contribution < -0.4 is 25.4 Å². The Labute approximate surface area is 222 Å². The number of hydrogen-bond donors (Lipinski definition) is 1. The van der Waals surface area contributed by atoms with Crippen LogP contribution in [-0.2, 0) is 4.79 Å². The first-order chi connectivity index (χ1) is 18.6. The van der Waals surface area contributed by atoms with Gasteiger partial charge >= 0.3 is 0 Å². The molecule has 0 atom stereocenters. The van der Waals surface area contributed by atoms with Crippen molar-refractivity contribution < 1.29 is 9.53 Å². The highest BCUT2D eigenvalue weighted by molar-refractivity contribution is 6.02. The molecule has 3 heterocycles. The van der Waals surface area contributed by atoms with Gasteiger partial charge in [0.2, 0.25) is 0 Å². The van der Waals surface area contributed by atoms with E-state index in [-0.39, 0.29) is 22.7 Å². The predicted octanol–water partition coefficient (Wildman–Crippen LogP) is 3.39. The van der Waals surface area contributed by atoms with Crippen molar-refractivity contribution in [2.45, 2.75) is 38.1 Å². The monoisotopic (exact) mass is 512 g/mol. The summed E-state index contributed by atoms with van der Waals surface area (Å²) in [5, 5.41) is 12.8. The number of nitriles is 1. The second-order valence-electron chi connectivity index (χ2n) is 9.73. The number of fused-ring (bicyclic) bond motifs is 1. The summed E-state index contributed by atoms with van der Waals surface area (Å²) in [5.41, 5.74) is 1.49. The Kier molecular flexibility index (Phi) is 7.59. The van der Waals surface area contributed by atoms with Gasteiger partial charge in [0.25, 0.3) is 11.5 Å². The molecule has 0 bridgehead atoms. The van der Waals surface area contributed by atoms with E-state index in [1.54, 1.807) is 25.4 Å². The third-order valence-corrected chi connectivity index (χ3v) is 7.36. The zero-order valence-electron chi connectivity index (χ0n) is 21.6. The molecule has 1 aromatic carbocycles. The Hall–Kier alpha value is -4.32. The number of pyridine rings is 1. The number of rotatable bonds is 6. The van der Waals surface area contributed by atoms with Crippen LogP contribution in [0.4, 0.5) is 11.5 Å². The van der Waals surface area contributed by atoms with Gasteiger partial charge in [0.15, 0.2) is 0 Å². The molecule has 2 aromatic heterocycles. The first kappa shape index (κ1) is 25.3. The third-order valence-electron chi connectivity index (χ3n) is 7.36. The first-order valence-corrected chi connectivity index (χ1v) is 13.2. The lowest BCUT2D eigenvalue weighted by molar-refractivity contribution is -0.117. The van der Waals surface area contributed by atoms with Crippen LogP contribution in [-0.4, -0.2) is 54.6 Å². The highest BCUT2D eigenvalue weighted by Crippen LogP contribution is 2.25. The van der Waals surface area contributed by atoms with Crippen LogP contribution in [0.5, 0.6) is 5.75 Å². The molecule has 9 heteroatoms. The van der Waals surface area contributed by atoms with Crippen molar-refractivity contribution in [3.63, 3.8) is 0 Å². The Morgan fingerprint density at radius 3 is 2.45 bits per heavy atom. The molecular weight excluding hydrogens is 480 g/mol. The van der Waals surface area contributed by atoms with E-state index in [1.807, 2.05) is 36.4 Å². The van der Waals surface area contributed by atoms with E-state index >= 15 is 0 Å². The van der Waals surface area contributed by atoms with Gasteiger partial charge in [-0.2, -0.15) is 5.26 Å². The molecule has 1 saturated heterocycles. The predicted molar refractivity (Wildman–Crippen MR) is 147 cm³/mol. The Morgan fingerprint density at radius 1 is 1.05 bits per heavy atom. The number of benzene rings is 1. The number of ether oxygens (including phenoxy) is 1. The van der Waals surface area contributed by atoms with E-state index < -0.39 is 5.91 Å². The second kappa shape index (κ2) is 11.4. The molecule has 196 valence electrons. The zero-order chi connectivity index (χ0) is 26.5. The number of methoxy groups -OCH3 is 1. The second-order valence-corrected chi connectivity index (χ2v) is 9.73. The fourth-order valence-electron chi connectivity index (χ4n) is 5.23. The number of nitrogens with zero attached hydrogens (tertiary/aromatic N) is 5. The van der Waals surface area contributed by atoms with Gasteiger partial charge in [0.05, 0.1) is 12.7 Å². The van der Waals surface area contributed by atoms with Crippen molar-refractivity contribution in [2.24, 2.45) is 0 Å². The van der Waals surface area contributed by atoms with Crippen molar-refractivity contribution in [3.8, 4) is 11.8 Å². The van der Waals surface area contributed by atoms with Gasteiger partial charge in [-0.05, 0) is 55.3 Å². The van der Waals surface area contributed by atoms with E-state index in [0.717, 1.165) is 50.2 Å². The van der Waals surface area contributed by atoms with Gasteiger partial charge in [0, 0.05) is 44.1 Å². The first-order valence-electron chi connectivity index (χ1n) is 13.2. The summed E-state index contributed by atoms with van der Waals surface area (Å²) in [6.45, 7) is 2.74. The number of piperazine rings is 1. The maximum Gasteiger partial charge on any atom is 0.267 e. The Balaban J connectivity index is 1.44. The lowest BCUT2D eigenvalue weighted by Crippen LogP contribution is -2.47. The molecule has 0 radical (unpaired) electrons. The number of carbonyl (C=O) groups excluding carboxylic acids is 1. The minimum atomic E-state index is -0.438. The highest BCUT2D eigenvalue weighted by Gasteiger charge is 2.24. The third kappa shape index (κ3) is 5.35. The molecule has 1 amide bonds. The van der Waals surface area contributed by atoms with Crippen LogP contribution in [0.25, 0.3) is 11.7 Å². The fourth-order valence-corrected chi connectivity index (χ4v) is 5.23. The van der Waals surface area contributed by atoms with Crippen molar-refractivity contribution in [1.82, 2.24) is 14.7 Å². The minimum Gasteiger partial charge on any atom is -0.497 e. The summed E-state index contributed by atoms with van der Waals surface area (Å²) in [6.07, 6.45) is 8.20. The zero-order valence-corrected chi connectivity index (χ0v) is 21.6. The van der Waals surface area contributed by atoms with Gasteiger partial charge in [-0.25, -0.2) is 4.98 Å². The molecule has 3 aromatic rings. The van der Waals surface area contributed by atoms with E-state index in [4.69, 9.17) is 9.72 Å². The van der Waals surface area contributed by atoms with Gasteiger partial charge in [-0.3, -0.25) is 14.0 Å². The van der Waals surface area contributed by atoms with Crippen LogP contribution in [0.15, 0.2) is 59.0 Å². The van der Waals surface area contributed by atoms with Crippen molar-refractivity contribution in [2.75, 3.05) is 43.1 Å². The maximum absolute atomic E-state index is 13.6. The summed E-state index contributed by atoms with van der Waals surface area (Å²) < 4.78 is 6.72. The molecule has 38 heavy (non-hydrogen) atoms. The standard InChI is InChI=1S/C29H32N6O3/c1-38-24-12-10-23(11-13-24)33-15-17-34(18-16-33)27-25(29(37)35-14-6-5-9-26(35)32-27)19-21(20-30)28(36)31-22-7-3-2-4-8-22/h5-6,9-14,19,22H,2-4,7-8,15-18H2,1H3,(H,31,36). The van der Waals surface area contributed by atoms with Crippen LogP contribution in [0, 0.1) is 11.3 Å². The van der Waals surface area contributed by atoms with E-state index in [1.165, 1.54) is 16.9 Å². The van der Waals surface area contributed by atoms with Crippen LogP contribution >= 0.6 is 0 Å². The molecule has 1 N–H and O–H groups in total. The van der Waals surface area contributed by atoms with E-state index in [2.05, 4.69) is 15.1 Å². The lowest BCUT2D eigenvalue weighted by Gasteiger charge is -2.37. The van der Waals surface area contributed by atoms with Crippen molar-refractivity contribution >= 4 is 29.1 Å². The largest absolute Gasteiger partial charge is 0.497 e. The summed E-state index contributed by atoms with van der Waals surface area (Å²) in [7, 11) is 1.65. The molecule has 1 aliphatic heterocycles. The summed E-state index contributed by atoms with van der Waals surface area (Å²) in [5.74, 6) is 0.867. The van der Waals surface area contributed by atoms with E-state index in [9.17, 15) is 14.9 Å². The smallest absolute Gasteiger partial charge is 0.267 e. The van der Waals surface area contributed by atoms with Crippen LogP contribution in [0.3, 0.4) is 0 Å². The summed E-state index contributed by atoms with van der Waals surface area (Å²) >= 11 is 0. The van der Waals surface area contributed by atoms with Crippen molar-refractivity contribution in [3.05, 3.63) is 70.2 Å². The molecule has 9 nitrogen and oxygen atoms in total. The molecule has 5 rings (SSSR count). The maximum atomic E-state index is 13.6. The number of carbonyl (C=O) groups is 1. The normalized spacial score (nSPS) is 16.8. The fraction of sp³-hybridized carbons (Fsp3) is 0.379. The summed E-state index contributed by atoms with van der Waals surface area (Å²) in [4.78, 5) is 35.7. The molecule has 1 saturated carbocycles. The van der Waals surface area contributed by atoms with Crippen LogP contribution in [0.2, 0.25) is 0 Å². The number of nitrogens with one attached hydrogen (secondary N) is 1. The van der Waals surface area contributed by atoms with Crippen LogP contribution in [0.1, 0.15) is 37.7 Å².